The van der Waals surface area contributed by atoms with Crippen molar-refractivity contribution in [1.82, 2.24) is 0 Å². The molecule has 176 valence electrons. The van der Waals surface area contributed by atoms with Crippen molar-refractivity contribution in [2.75, 3.05) is 12.4 Å². The smallest absolute Gasteiger partial charge is 0.150 e. The summed E-state index contributed by atoms with van der Waals surface area (Å²) in [5.41, 5.74) is 4.18. The normalized spacial score (nSPS) is 11.4. The lowest BCUT2D eigenvalue weighted by atomic mass is 10.1. The first-order valence-corrected chi connectivity index (χ1v) is 11.3. The first kappa shape index (κ1) is 22.7. The number of rotatable bonds is 7. The number of methoxy groups -OCH3 is 1. The molecule has 5 rings (SSSR count). The lowest BCUT2D eigenvalue weighted by molar-refractivity contribution is 0.416. The molecule has 0 heterocycles. The van der Waals surface area contributed by atoms with Crippen LogP contribution in [0.2, 0.25) is 0 Å². The van der Waals surface area contributed by atoms with Gasteiger partial charge in [-0.25, -0.2) is 0 Å². The van der Waals surface area contributed by atoms with E-state index in [1.54, 1.807) is 31.4 Å². The molecule has 2 N–H and O–H groups in total. The molecule has 0 aliphatic rings. The highest BCUT2D eigenvalue weighted by Crippen LogP contribution is 2.39. The second kappa shape index (κ2) is 10.5. The number of azo groups is 2. The highest BCUT2D eigenvalue weighted by molar-refractivity contribution is 5.94. The van der Waals surface area contributed by atoms with Crippen LogP contribution in [0.15, 0.2) is 130 Å². The molecule has 0 amide bonds. The zero-order valence-corrected chi connectivity index (χ0v) is 19.5. The molecule has 0 saturated heterocycles. The first-order valence-electron chi connectivity index (χ1n) is 11.3. The van der Waals surface area contributed by atoms with Gasteiger partial charge in [-0.05, 0) is 66.0 Å². The fourth-order valence-electron chi connectivity index (χ4n) is 3.68. The molecule has 5 aromatic rings. The predicted molar refractivity (Wildman–Crippen MR) is 143 cm³/mol. The van der Waals surface area contributed by atoms with E-state index in [0.717, 1.165) is 22.4 Å². The monoisotopic (exact) mass is 473 g/mol. The second-order valence-corrected chi connectivity index (χ2v) is 7.95. The summed E-state index contributed by atoms with van der Waals surface area (Å²) in [6.07, 6.45) is 0. The van der Waals surface area contributed by atoms with Crippen molar-refractivity contribution in [3.8, 4) is 11.5 Å². The first-order chi connectivity index (χ1) is 17.7. The Morgan fingerprint density at radius 1 is 0.611 bits per heavy atom. The molecule has 5 aromatic carbocycles. The van der Waals surface area contributed by atoms with Crippen molar-refractivity contribution >= 4 is 44.9 Å². The highest BCUT2D eigenvalue weighted by Gasteiger charge is 2.09. The summed E-state index contributed by atoms with van der Waals surface area (Å²) in [5, 5.41) is 32.8. The van der Waals surface area contributed by atoms with Gasteiger partial charge >= 0.3 is 0 Å². The molecule has 7 heteroatoms. The van der Waals surface area contributed by atoms with Crippen LogP contribution < -0.4 is 10.1 Å². The number of nitrogens with one attached hydrogen (secondary N) is 1. The van der Waals surface area contributed by atoms with Gasteiger partial charge < -0.3 is 15.2 Å². The molecule has 0 aliphatic heterocycles. The quantitative estimate of drug-likeness (QED) is 0.231. The third-order valence-electron chi connectivity index (χ3n) is 5.50. The van der Waals surface area contributed by atoms with Crippen molar-refractivity contribution in [3.63, 3.8) is 0 Å². The minimum absolute atomic E-state index is 0.0646. The topological polar surface area (TPSA) is 90.9 Å². The van der Waals surface area contributed by atoms with Crippen LogP contribution in [0.3, 0.4) is 0 Å². The summed E-state index contributed by atoms with van der Waals surface area (Å²) in [5.74, 6) is 0.565. The zero-order chi connectivity index (χ0) is 24.7. The number of hydrogen-bond donors (Lipinski definition) is 2. The number of anilines is 2. The minimum Gasteiger partial charge on any atom is -0.505 e. The van der Waals surface area contributed by atoms with Gasteiger partial charge in [0.2, 0.25) is 0 Å². The molecular formula is C29H23N5O2. The minimum atomic E-state index is 0.0646. The number of nitrogens with zero attached hydrogens (tertiary/aromatic N) is 4. The molecule has 0 fully saturated rings. The van der Waals surface area contributed by atoms with E-state index in [-0.39, 0.29) is 5.75 Å². The number of benzene rings is 5. The average Bonchev–Trinajstić information content (AvgIpc) is 2.93. The van der Waals surface area contributed by atoms with E-state index in [1.165, 1.54) is 0 Å². The number of ether oxygens (including phenoxy) is 1. The third kappa shape index (κ3) is 5.20. The van der Waals surface area contributed by atoms with Gasteiger partial charge in [0.1, 0.15) is 17.1 Å². The van der Waals surface area contributed by atoms with Crippen LogP contribution in [0.1, 0.15) is 0 Å². The fourth-order valence-corrected chi connectivity index (χ4v) is 3.68. The van der Waals surface area contributed by atoms with Crippen LogP contribution in [0.25, 0.3) is 10.8 Å². The Hall–Kier alpha value is -5.04. The highest BCUT2D eigenvalue weighted by atomic mass is 16.5. The Morgan fingerprint density at radius 3 is 2.08 bits per heavy atom. The molecule has 0 spiro atoms. The van der Waals surface area contributed by atoms with Crippen LogP contribution >= 0.6 is 0 Å². The van der Waals surface area contributed by atoms with Crippen molar-refractivity contribution in [1.29, 1.82) is 0 Å². The Morgan fingerprint density at radius 2 is 1.31 bits per heavy atom. The summed E-state index contributed by atoms with van der Waals surface area (Å²) in [4.78, 5) is 0. The van der Waals surface area contributed by atoms with E-state index in [2.05, 4.69) is 25.8 Å². The fraction of sp³-hybridized carbons (Fsp3) is 0.0345. The summed E-state index contributed by atoms with van der Waals surface area (Å²) < 4.78 is 5.46. The van der Waals surface area contributed by atoms with Crippen LogP contribution in [0.4, 0.5) is 34.1 Å². The molecule has 0 bridgehead atoms. The van der Waals surface area contributed by atoms with Crippen molar-refractivity contribution < 1.29 is 9.84 Å². The van der Waals surface area contributed by atoms with Gasteiger partial charge in [-0.15, -0.1) is 10.2 Å². The van der Waals surface area contributed by atoms with E-state index in [9.17, 15) is 5.11 Å². The Kier molecular flexibility index (Phi) is 6.62. The molecule has 0 aromatic heterocycles. The van der Waals surface area contributed by atoms with Gasteiger partial charge in [0.15, 0.2) is 5.75 Å². The van der Waals surface area contributed by atoms with E-state index in [1.807, 2.05) is 84.9 Å². The maximum absolute atomic E-state index is 10.8. The number of phenols is 1. The second-order valence-electron chi connectivity index (χ2n) is 7.95. The van der Waals surface area contributed by atoms with Crippen LogP contribution in [-0.2, 0) is 0 Å². The van der Waals surface area contributed by atoms with Gasteiger partial charge in [-0.1, -0.05) is 42.5 Å². The van der Waals surface area contributed by atoms with E-state index < -0.39 is 0 Å². The molecule has 7 nitrogen and oxygen atoms in total. The number of fused-ring (bicyclic) bond motifs is 1. The number of hydrogen-bond acceptors (Lipinski definition) is 7. The van der Waals surface area contributed by atoms with Crippen LogP contribution in [0.5, 0.6) is 11.5 Å². The molecule has 0 atom stereocenters. The SMILES string of the molecule is COc1cc(N=Nc2ccccc2)ccc1N=Nc1ccc2cc(Nc3ccccc3)ccc2c1O. The predicted octanol–water partition coefficient (Wildman–Crippen LogP) is 9.13. The summed E-state index contributed by atoms with van der Waals surface area (Å²) in [7, 11) is 1.56. The Bertz CT molecular complexity index is 1550. The third-order valence-corrected chi connectivity index (χ3v) is 5.50. The molecule has 0 saturated carbocycles. The summed E-state index contributed by atoms with van der Waals surface area (Å²) in [6, 6.07) is 34.1. The lowest BCUT2D eigenvalue weighted by Gasteiger charge is -2.09. The summed E-state index contributed by atoms with van der Waals surface area (Å²) in [6.45, 7) is 0. The number of aromatic hydroxyl groups is 1. The van der Waals surface area contributed by atoms with E-state index in [0.29, 0.717) is 28.2 Å². The molecule has 0 unspecified atom stereocenters. The summed E-state index contributed by atoms with van der Waals surface area (Å²) >= 11 is 0. The van der Waals surface area contributed by atoms with Gasteiger partial charge in [0.25, 0.3) is 0 Å². The molecular weight excluding hydrogens is 450 g/mol. The molecule has 36 heavy (non-hydrogen) atoms. The largest absolute Gasteiger partial charge is 0.505 e. The maximum Gasteiger partial charge on any atom is 0.150 e. The Labute approximate surface area is 208 Å². The van der Waals surface area contributed by atoms with Gasteiger partial charge in [-0.3, -0.25) is 0 Å². The van der Waals surface area contributed by atoms with Crippen LogP contribution in [-0.4, -0.2) is 12.2 Å². The van der Waals surface area contributed by atoms with Gasteiger partial charge in [0, 0.05) is 22.8 Å². The molecule has 0 radical (unpaired) electrons. The maximum atomic E-state index is 10.8. The lowest BCUT2D eigenvalue weighted by Crippen LogP contribution is -1.89. The Balaban J connectivity index is 1.36. The van der Waals surface area contributed by atoms with E-state index in [4.69, 9.17) is 4.74 Å². The van der Waals surface area contributed by atoms with Crippen LogP contribution in [0, 0.1) is 0 Å². The van der Waals surface area contributed by atoms with Gasteiger partial charge in [-0.2, -0.15) is 10.2 Å². The van der Waals surface area contributed by atoms with E-state index >= 15 is 0 Å². The zero-order valence-electron chi connectivity index (χ0n) is 19.5. The average molecular weight is 474 g/mol. The van der Waals surface area contributed by atoms with Gasteiger partial charge in [0.05, 0.1) is 18.5 Å². The number of phenolic OH excluding ortho intramolecular Hbond substituents is 1. The van der Waals surface area contributed by atoms with Crippen molar-refractivity contribution in [2.45, 2.75) is 0 Å². The number of para-hydroxylation sites is 1. The standard InChI is InChI=1S/C29H23N5O2/c1-36-28-19-24(32-31-22-10-6-3-7-11-22)14-17-26(28)33-34-27-16-12-20-18-23(13-15-25(20)29(27)35)30-21-8-4-2-5-9-21/h2-19,30,35H,1H3. The molecule has 0 aliphatic carbocycles. The van der Waals surface area contributed by atoms with Crippen molar-refractivity contribution in [3.05, 3.63) is 109 Å². The van der Waals surface area contributed by atoms with Crippen molar-refractivity contribution in [2.24, 2.45) is 20.5 Å².